The molecule has 0 fully saturated rings. The van der Waals surface area contributed by atoms with Crippen LogP contribution in [0, 0.1) is 6.92 Å². The van der Waals surface area contributed by atoms with Crippen molar-refractivity contribution in [1.82, 2.24) is 20.3 Å². The van der Waals surface area contributed by atoms with Gasteiger partial charge in [-0.2, -0.15) is 5.10 Å². The van der Waals surface area contributed by atoms with E-state index in [2.05, 4.69) is 15.6 Å². The summed E-state index contributed by atoms with van der Waals surface area (Å²) in [5.41, 5.74) is 3.01. The Bertz CT molecular complexity index is 855. The number of hydrogen-bond acceptors (Lipinski definition) is 5. The van der Waals surface area contributed by atoms with Crippen LogP contribution in [0.3, 0.4) is 0 Å². The molecule has 3 rings (SSSR count). The number of ether oxygens (including phenoxy) is 1. The van der Waals surface area contributed by atoms with E-state index in [1.54, 1.807) is 10.7 Å². The van der Waals surface area contributed by atoms with E-state index in [4.69, 9.17) is 9.26 Å². The van der Waals surface area contributed by atoms with Crippen LogP contribution in [0.5, 0.6) is 0 Å². The molecule has 2 heterocycles. The number of aromatic nitrogens is 3. The molecule has 0 unspecified atom stereocenters. The third-order valence-corrected chi connectivity index (χ3v) is 3.84. The number of rotatable bonds is 8. The summed E-state index contributed by atoms with van der Waals surface area (Å²) in [5, 5.41) is 11.2. The summed E-state index contributed by atoms with van der Waals surface area (Å²) in [6.07, 6.45) is 0. The van der Waals surface area contributed by atoms with Gasteiger partial charge in [0, 0.05) is 18.2 Å². The fourth-order valence-corrected chi connectivity index (χ4v) is 2.59. The first-order chi connectivity index (χ1) is 12.7. The average molecular weight is 354 g/mol. The largest absolute Gasteiger partial charge is 0.380 e. The van der Waals surface area contributed by atoms with Crippen molar-refractivity contribution in [1.29, 1.82) is 0 Å². The molecule has 0 radical (unpaired) electrons. The Labute approximate surface area is 151 Å². The highest BCUT2D eigenvalue weighted by Gasteiger charge is 2.15. The standard InChI is InChI=1S/C19H22N4O3/c1-3-25-10-9-23-18(11-14(2)21-23)19(24)20-13-16-12-17(22-26-16)15-7-5-4-6-8-15/h4-8,11-12H,3,9-10,13H2,1-2H3,(H,20,24). The SMILES string of the molecule is CCOCCn1nc(C)cc1C(=O)NCc1cc(-c2ccccc2)no1. The first-order valence-electron chi connectivity index (χ1n) is 8.58. The molecule has 1 aromatic carbocycles. The van der Waals surface area contributed by atoms with Gasteiger partial charge in [0.2, 0.25) is 0 Å². The second-order valence-corrected chi connectivity index (χ2v) is 5.82. The smallest absolute Gasteiger partial charge is 0.269 e. The summed E-state index contributed by atoms with van der Waals surface area (Å²) in [4.78, 5) is 12.5. The van der Waals surface area contributed by atoms with Gasteiger partial charge in [-0.1, -0.05) is 35.5 Å². The van der Waals surface area contributed by atoms with Gasteiger partial charge in [-0.3, -0.25) is 9.48 Å². The lowest BCUT2D eigenvalue weighted by Gasteiger charge is -2.07. The predicted molar refractivity (Wildman–Crippen MR) is 96.6 cm³/mol. The van der Waals surface area contributed by atoms with Crippen LogP contribution in [0.2, 0.25) is 0 Å². The third kappa shape index (κ3) is 4.37. The summed E-state index contributed by atoms with van der Waals surface area (Å²) in [6.45, 7) is 5.73. The fourth-order valence-electron chi connectivity index (χ4n) is 2.59. The van der Waals surface area contributed by atoms with Crippen LogP contribution in [0.15, 0.2) is 47.0 Å². The van der Waals surface area contributed by atoms with Crippen LogP contribution in [-0.4, -0.2) is 34.1 Å². The number of amides is 1. The molecule has 0 aliphatic carbocycles. The Morgan fingerprint density at radius 2 is 2.08 bits per heavy atom. The van der Waals surface area contributed by atoms with Crippen LogP contribution in [0.25, 0.3) is 11.3 Å². The van der Waals surface area contributed by atoms with Crippen molar-refractivity contribution in [3.05, 3.63) is 59.6 Å². The number of aryl methyl sites for hydroxylation is 1. The van der Waals surface area contributed by atoms with Gasteiger partial charge in [-0.15, -0.1) is 0 Å². The van der Waals surface area contributed by atoms with Gasteiger partial charge in [0.25, 0.3) is 5.91 Å². The highest BCUT2D eigenvalue weighted by molar-refractivity contribution is 5.92. The van der Waals surface area contributed by atoms with Crippen LogP contribution in [0.4, 0.5) is 0 Å². The maximum atomic E-state index is 12.5. The number of hydrogen-bond donors (Lipinski definition) is 1. The zero-order valence-corrected chi connectivity index (χ0v) is 14.9. The topological polar surface area (TPSA) is 82.2 Å². The van der Waals surface area contributed by atoms with Gasteiger partial charge < -0.3 is 14.6 Å². The van der Waals surface area contributed by atoms with Gasteiger partial charge in [-0.05, 0) is 19.9 Å². The van der Waals surface area contributed by atoms with E-state index in [1.165, 1.54) is 0 Å². The molecule has 0 atom stereocenters. The molecular weight excluding hydrogens is 332 g/mol. The molecule has 7 nitrogen and oxygen atoms in total. The Kier molecular flexibility index (Phi) is 5.80. The number of carbonyl (C=O) groups is 1. The van der Waals surface area contributed by atoms with Gasteiger partial charge in [0.1, 0.15) is 11.4 Å². The zero-order chi connectivity index (χ0) is 18.4. The van der Waals surface area contributed by atoms with Crippen molar-refractivity contribution in [3.63, 3.8) is 0 Å². The summed E-state index contributed by atoms with van der Waals surface area (Å²) >= 11 is 0. The first kappa shape index (κ1) is 17.9. The Morgan fingerprint density at radius 1 is 1.27 bits per heavy atom. The monoisotopic (exact) mass is 354 g/mol. The highest BCUT2D eigenvalue weighted by Crippen LogP contribution is 2.18. The summed E-state index contributed by atoms with van der Waals surface area (Å²) in [7, 11) is 0. The second-order valence-electron chi connectivity index (χ2n) is 5.82. The minimum Gasteiger partial charge on any atom is -0.380 e. The average Bonchev–Trinajstić information content (AvgIpc) is 3.27. The molecule has 0 spiro atoms. The minimum atomic E-state index is -0.209. The van der Waals surface area contributed by atoms with Crippen LogP contribution < -0.4 is 5.32 Å². The van der Waals surface area contributed by atoms with Gasteiger partial charge in [0.15, 0.2) is 5.76 Å². The second kappa shape index (κ2) is 8.44. The summed E-state index contributed by atoms with van der Waals surface area (Å²) < 4.78 is 12.3. The number of benzene rings is 1. The quantitative estimate of drug-likeness (QED) is 0.629. The van der Waals surface area contributed by atoms with E-state index in [0.717, 1.165) is 17.0 Å². The van der Waals surface area contributed by atoms with Gasteiger partial charge >= 0.3 is 0 Å². The van der Waals surface area contributed by atoms with Crippen molar-refractivity contribution >= 4 is 5.91 Å². The lowest BCUT2D eigenvalue weighted by Crippen LogP contribution is -2.26. The molecule has 0 aliphatic rings. The zero-order valence-electron chi connectivity index (χ0n) is 14.9. The maximum Gasteiger partial charge on any atom is 0.269 e. The minimum absolute atomic E-state index is 0.209. The number of nitrogens with one attached hydrogen (secondary N) is 1. The van der Waals surface area contributed by atoms with Gasteiger partial charge in [0.05, 0.1) is 25.4 Å². The molecular formula is C19H22N4O3. The van der Waals surface area contributed by atoms with E-state index in [1.807, 2.05) is 50.2 Å². The predicted octanol–water partition coefficient (Wildman–Crippen LogP) is 2.81. The molecule has 0 saturated heterocycles. The Hall–Kier alpha value is -2.93. The van der Waals surface area contributed by atoms with E-state index >= 15 is 0 Å². The molecule has 0 aliphatic heterocycles. The Morgan fingerprint density at radius 3 is 2.85 bits per heavy atom. The van der Waals surface area contributed by atoms with E-state index < -0.39 is 0 Å². The van der Waals surface area contributed by atoms with Crippen LogP contribution in [0.1, 0.15) is 28.9 Å². The summed E-state index contributed by atoms with van der Waals surface area (Å²) in [5.74, 6) is 0.383. The summed E-state index contributed by atoms with van der Waals surface area (Å²) in [6, 6.07) is 13.3. The van der Waals surface area contributed by atoms with Crippen molar-refractivity contribution < 1.29 is 14.1 Å². The van der Waals surface area contributed by atoms with Crippen LogP contribution >= 0.6 is 0 Å². The van der Waals surface area contributed by atoms with E-state index in [-0.39, 0.29) is 12.5 Å². The fraction of sp³-hybridized carbons (Fsp3) is 0.316. The maximum absolute atomic E-state index is 12.5. The molecule has 0 bridgehead atoms. The van der Waals surface area contributed by atoms with Crippen LogP contribution in [-0.2, 0) is 17.8 Å². The van der Waals surface area contributed by atoms with Crippen molar-refractivity contribution in [3.8, 4) is 11.3 Å². The third-order valence-electron chi connectivity index (χ3n) is 3.84. The molecule has 1 N–H and O–H groups in total. The van der Waals surface area contributed by atoms with E-state index in [0.29, 0.717) is 31.2 Å². The lowest BCUT2D eigenvalue weighted by molar-refractivity contribution is 0.0929. The molecule has 3 aromatic rings. The molecule has 1 amide bonds. The lowest BCUT2D eigenvalue weighted by atomic mass is 10.1. The molecule has 136 valence electrons. The number of carbonyl (C=O) groups excluding carboxylic acids is 1. The molecule has 7 heteroatoms. The van der Waals surface area contributed by atoms with Crippen molar-refractivity contribution in [2.75, 3.05) is 13.2 Å². The van der Waals surface area contributed by atoms with Crippen molar-refractivity contribution in [2.45, 2.75) is 26.9 Å². The van der Waals surface area contributed by atoms with Crippen molar-refractivity contribution in [2.24, 2.45) is 0 Å². The molecule has 2 aromatic heterocycles. The Balaban J connectivity index is 1.62. The highest BCUT2D eigenvalue weighted by atomic mass is 16.5. The first-order valence-corrected chi connectivity index (χ1v) is 8.58. The normalized spacial score (nSPS) is 10.8. The molecule has 0 saturated carbocycles. The van der Waals surface area contributed by atoms with Gasteiger partial charge in [-0.25, -0.2) is 0 Å². The molecule has 26 heavy (non-hydrogen) atoms. The number of nitrogens with zero attached hydrogens (tertiary/aromatic N) is 3. The van der Waals surface area contributed by atoms with E-state index in [9.17, 15) is 4.79 Å².